The lowest BCUT2D eigenvalue weighted by molar-refractivity contribution is 0.406. The maximum absolute atomic E-state index is 5.74. The fourth-order valence-corrected chi connectivity index (χ4v) is 2.69. The zero-order chi connectivity index (χ0) is 15.6. The summed E-state index contributed by atoms with van der Waals surface area (Å²) < 4.78 is 7.25. The molecule has 2 aromatic heterocycles. The Labute approximate surface area is 125 Å². The first-order chi connectivity index (χ1) is 9.97. The topological polar surface area (TPSA) is 78.0 Å². The van der Waals surface area contributed by atoms with Crippen molar-refractivity contribution in [1.29, 1.82) is 0 Å². The summed E-state index contributed by atoms with van der Waals surface area (Å²) in [4.78, 5) is 4.53. The molecule has 0 saturated heterocycles. The number of methoxy groups -OCH3 is 1. The second kappa shape index (κ2) is 6.24. The van der Waals surface area contributed by atoms with E-state index < -0.39 is 0 Å². The third-order valence-electron chi connectivity index (χ3n) is 3.78. The van der Waals surface area contributed by atoms with Gasteiger partial charge in [-0.15, -0.1) is 0 Å². The fraction of sp³-hybridized carbons (Fsp3) is 0.467. The van der Waals surface area contributed by atoms with Gasteiger partial charge < -0.3 is 4.74 Å². The van der Waals surface area contributed by atoms with Gasteiger partial charge in [0, 0.05) is 48.2 Å². The molecular formula is C15H23N5O. The number of nitrogens with two attached hydrogens (primary N) is 1. The van der Waals surface area contributed by atoms with Crippen molar-refractivity contribution in [3.8, 4) is 5.75 Å². The van der Waals surface area contributed by atoms with Crippen molar-refractivity contribution in [3.63, 3.8) is 0 Å². The standard InChI is InChI=1S/C15H23N5O/c1-9-7-17-13(10(2)15(9)21-5)6-14(18-16)12-8-20(4)19-11(12)3/h7-8,14,18H,6,16H2,1-5H3. The van der Waals surface area contributed by atoms with Crippen molar-refractivity contribution in [2.45, 2.75) is 33.2 Å². The number of aromatic nitrogens is 3. The first-order valence-electron chi connectivity index (χ1n) is 6.93. The number of pyridine rings is 1. The highest BCUT2D eigenvalue weighted by Gasteiger charge is 2.19. The van der Waals surface area contributed by atoms with E-state index >= 15 is 0 Å². The summed E-state index contributed by atoms with van der Waals surface area (Å²) in [5.74, 6) is 6.62. The quantitative estimate of drug-likeness (QED) is 0.644. The predicted octanol–water partition coefficient (Wildman–Crippen LogP) is 1.50. The molecule has 114 valence electrons. The number of hydrogen-bond acceptors (Lipinski definition) is 5. The Bertz CT molecular complexity index is 635. The van der Waals surface area contributed by atoms with Gasteiger partial charge in [0.05, 0.1) is 18.8 Å². The normalized spacial score (nSPS) is 12.5. The van der Waals surface area contributed by atoms with Crippen LogP contribution in [-0.4, -0.2) is 21.9 Å². The third kappa shape index (κ3) is 3.06. The molecule has 1 atom stereocenters. The molecule has 0 aliphatic heterocycles. The molecule has 0 spiro atoms. The van der Waals surface area contributed by atoms with Gasteiger partial charge >= 0.3 is 0 Å². The van der Waals surface area contributed by atoms with Crippen LogP contribution in [0.3, 0.4) is 0 Å². The molecule has 2 rings (SSSR count). The van der Waals surface area contributed by atoms with Crippen molar-refractivity contribution in [2.75, 3.05) is 7.11 Å². The van der Waals surface area contributed by atoms with E-state index in [4.69, 9.17) is 10.6 Å². The summed E-state index contributed by atoms with van der Waals surface area (Å²) >= 11 is 0. The number of hydrazine groups is 1. The molecule has 0 fully saturated rings. The van der Waals surface area contributed by atoms with E-state index in [1.165, 1.54) is 0 Å². The molecule has 2 heterocycles. The second-order valence-corrected chi connectivity index (χ2v) is 5.31. The highest BCUT2D eigenvalue weighted by molar-refractivity contribution is 5.41. The lowest BCUT2D eigenvalue weighted by atomic mass is 10.00. The Balaban J connectivity index is 2.33. The van der Waals surface area contributed by atoms with Crippen LogP contribution in [0.4, 0.5) is 0 Å². The van der Waals surface area contributed by atoms with Gasteiger partial charge in [-0.1, -0.05) is 0 Å². The summed E-state index contributed by atoms with van der Waals surface area (Å²) in [6, 6.07) is -0.0303. The lowest BCUT2D eigenvalue weighted by Gasteiger charge is -2.18. The van der Waals surface area contributed by atoms with Gasteiger partial charge in [-0.2, -0.15) is 5.10 Å². The van der Waals surface area contributed by atoms with Crippen molar-refractivity contribution < 1.29 is 4.74 Å². The minimum Gasteiger partial charge on any atom is -0.496 e. The first-order valence-corrected chi connectivity index (χ1v) is 6.93. The minimum atomic E-state index is -0.0303. The maximum Gasteiger partial charge on any atom is 0.128 e. The molecular weight excluding hydrogens is 266 g/mol. The minimum absolute atomic E-state index is 0.0303. The molecule has 6 heteroatoms. The van der Waals surface area contributed by atoms with E-state index in [1.807, 2.05) is 40.2 Å². The van der Waals surface area contributed by atoms with E-state index in [0.717, 1.165) is 33.8 Å². The van der Waals surface area contributed by atoms with Crippen LogP contribution >= 0.6 is 0 Å². The fourth-order valence-electron chi connectivity index (χ4n) is 2.69. The number of hydrogen-bond donors (Lipinski definition) is 2. The predicted molar refractivity (Wildman–Crippen MR) is 82.0 cm³/mol. The molecule has 0 saturated carbocycles. The molecule has 0 aromatic carbocycles. The number of ether oxygens (including phenoxy) is 1. The van der Waals surface area contributed by atoms with Gasteiger partial charge in [0.1, 0.15) is 5.75 Å². The molecule has 0 radical (unpaired) electrons. The van der Waals surface area contributed by atoms with Crippen LogP contribution in [-0.2, 0) is 13.5 Å². The van der Waals surface area contributed by atoms with Crippen LogP contribution in [0.1, 0.15) is 34.1 Å². The second-order valence-electron chi connectivity index (χ2n) is 5.31. The van der Waals surface area contributed by atoms with E-state index in [1.54, 1.807) is 11.8 Å². The molecule has 21 heavy (non-hydrogen) atoms. The lowest BCUT2D eigenvalue weighted by Crippen LogP contribution is -2.30. The Hall–Kier alpha value is -1.92. The zero-order valence-corrected chi connectivity index (χ0v) is 13.3. The van der Waals surface area contributed by atoms with Gasteiger partial charge in [-0.25, -0.2) is 0 Å². The Kier molecular flexibility index (Phi) is 4.59. The van der Waals surface area contributed by atoms with Gasteiger partial charge in [-0.05, 0) is 20.8 Å². The van der Waals surface area contributed by atoms with Crippen LogP contribution in [0, 0.1) is 20.8 Å². The van der Waals surface area contributed by atoms with Crippen LogP contribution < -0.4 is 16.0 Å². The Morgan fingerprint density at radius 1 is 1.38 bits per heavy atom. The molecule has 0 aliphatic carbocycles. The van der Waals surface area contributed by atoms with Crippen molar-refractivity contribution in [3.05, 3.63) is 40.5 Å². The SMILES string of the molecule is COc1c(C)cnc(CC(NN)c2cn(C)nc2C)c1C. The zero-order valence-electron chi connectivity index (χ0n) is 13.3. The van der Waals surface area contributed by atoms with E-state index in [2.05, 4.69) is 15.5 Å². The number of rotatable bonds is 5. The molecule has 0 bridgehead atoms. The average Bonchev–Trinajstić information content (AvgIpc) is 2.77. The van der Waals surface area contributed by atoms with Crippen LogP contribution in [0.25, 0.3) is 0 Å². The molecule has 6 nitrogen and oxygen atoms in total. The number of nitrogens with one attached hydrogen (secondary N) is 1. The average molecular weight is 289 g/mol. The molecule has 1 unspecified atom stereocenters. The maximum atomic E-state index is 5.74. The first kappa shape index (κ1) is 15.5. The highest BCUT2D eigenvalue weighted by Crippen LogP contribution is 2.27. The smallest absolute Gasteiger partial charge is 0.128 e. The highest BCUT2D eigenvalue weighted by atomic mass is 16.5. The van der Waals surface area contributed by atoms with Crippen molar-refractivity contribution in [2.24, 2.45) is 12.9 Å². The van der Waals surface area contributed by atoms with Crippen molar-refractivity contribution >= 4 is 0 Å². The van der Waals surface area contributed by atoms with E-state index in [-0.39, 0.29) is 6.04 Å². The van der Waals surface area contributed by atoms with E-state index in [0.29, 0.717) is 6.42 Å². The van der Waals surface area contributed by atoms with Gasteiger partial charge in [0.15, 0.2) is 0 Å². The summed E-state index contributed by atoms with van der Waals surface area (Å²) in [6.45, 7) is 6.00. The summed E-state index contributed by atoms with van der Waals surface area (Å²) in [5, 5.41) is 4.37. The van der Waals surface area contributed by atoms with Crippen LogP contribution in [0.2, 0.25) is 0 Å². The monoisotopic (exact) mass is 289 g/mol. The van der Waals surface area contributed by atoms with Gasteiger partial charge in [0.25, 0.3) is 0 Å². The number of nitrogens with zero attached hydrogens (tertiary/aromatic N) is 3. The molecule has 0 aliphatic rings. The van der Waals surface area contributed by atoms with Crippen LogP contribution in [0.15, 0.2) is 12.4 Å². The molecule has 3 N–H and O–H groups in total. The third-order valence-corrected chi connectivity index (χ3v) is 3.78. The summed E-state index contributed by atoms with van der Waals surface area (Å²) in [5.41, 5.74) is 7.99. The van der Waals surface area contributed by atoms with Gasteiger partial charge in [-0.3, -0.25) is 20.9 Å². The van der Waals surface area contributed by atoms with Gasteiger partial charge in [0.2, 0.25) is 0 Å². The Morgan fingerprint density at radius 3 is 2.62 bits per heavy atom. The van der Waals surface area contributed by atoms with E-state index in [9.17, 15) is 0 Å². The molecule has 0 amide bonds. The summed E-state index contributed by atoms with van der Waals surface area (Å²) in [7, 11) is 3.59. The van der Waals surface area contributed by atoms with Crippen LogP contribution in [0.5, 0.6) is 5.75 Å². The summed E-state index contributed by atoms with van der Waals surface area (Å²) in [6.07, 6.45) is 4.51. The largest absolute Gasteiger partial charge is 0.496 e. The van der Waals surface area contributed by atoms with Crippen molar-refractivity contribution in [1.82, 2.24) is 20.2 Å². The molecule has 2 aromatic rings. The number of aryl methyl sites for hydroxylation is 3. The Morgan fingerprint density at radius 2 is 2.10 bits per heavy atom.